The molecule has 2 heterocycles. The lowest BCUT2D eigenvalue weighted by molar-refractivity contribution is 0.517. The van der Waals surface area contributed by atoms with Gasteiger partial charge in [-0.25, -0.2) is 4.98 Å². The molecule has 0 radical (unpaired) electrons. The molecule has 1 aromatic rings. The Morgan fingerprint density at radius 3 is 2.61 bits per heavy atom. The Bertz CT molecular complexity index is 391. The van der Waals surface area contributed by atoms with Gasteiger partial charge in [-0.15, -0.1) is 0 Å². The fraction of sp³-hybridized carbons (Fsp3) is 0.667. The van der Waals surface area contributed by atoms with E-state index >= 15 is 0 Å². The van der Waals surface area contributed by atoms with Gasteiger partial charge in [-0.3, -0.25) is 0 Å². The first-order chi connectivity index (χ1) is 8.43. The molecule has 18 heavy (non-hydrogen) atoms. The van der Waals surface area contributed by atoms with Crippen LogP contribution in [0.5, 0.6) is 0 Å². The maximum absolute atomic E-state index is 5.88. The fourth-order valence-electron chi connectivity index (χ4n) is 2.65. The molecule has 1 fully saturated rings. The van der Waals surface area contributed by atoms with Crippen LogP contribution in [0, 0.1) is 5.92 Å². The van der Waals surface area contributed by atoms with Gasteiger partial charge < -0.3 is 10.6 Å². The third-order valence-electron chi connectivity index (χ3n) is 4.03. The van der Waals surface area contributed by atoms with E-state index in [0.29, 0.717) is 18.5 Å². The van der Waals surface area contributed by atoms with Crippen molar-refractivity contribution in [2.24, 2.45) is 11.7 Å². The predicted molar refractivity (Wildman–Crippen MR) is 76.9 cm³/mol. The topological polar surface area (TPSA) is 42.2 Å². The van der Waals surface area contributed by atoms with E-state index in [1.54, 1.807) is 0 Å². The van der Waals surface area contributed by atoms with Crippen molar-refractivity contribution < 1.29 is 0 Å². The lowest BCUT2D eigenvalue weighted by Gasteiger charge is -2.27. The summed E-state index contributed by atoms with van der Waals surface area (Å²) in [5.41, 5.74) is 7.33. The SMILES string of the molecule is CC1CCN(c2ccc(C(C)(C)C)cn2)C1CN. The van der Waals surface area contributed by atoms with Crippen LogP contribution < -0.4 is 10.6 Å². The zero-order chi connectivity index (χ0) is 13.3. The van der Waals surface area contributed by atoms with Crippen LogP contribution in [-0.2, 0) is 5.41 Å². The average Bonchev–Trinajstić information content (AvgIpc) is 2.69. The number of hydrogen-bond donors (Lipinski definition) is 1. The summed E-state index contributed by atoms with van der Waals surface area (Å²) in [7, 11) is 0. The van der Waals surface area contributed by atoms with E-state index in [1.165, 1.54) is 12.0 Å². The van der Waals surface area contributed by atoms with Crippen LogP contribution in [0.2, 0.25) is 0 Å². The van der Waals surface area contributed by atoms with E-state index in [-0.39, 0.29) is 5.41 Å². The number of pyridine rings is 1. The maximum Gasteiger partial charge on any atom is 0.128 e. The summed E-state index contributed by atoms with van der Waals surface area (Å²) in [4.78, 5) is 6.99. The number of aromatic nitrogens is 1. The quantitative estimate of drug-likeness (QED) is 0.873. The highest BCUT2D eigenvalue weighted by atomic mass is 15.2. The molecule has 1 aromatic heterocycles. The minimum absolute atomic E-state index is 0.164. The van der Waals surface area contributed by atoms with Gasteiger partial charge >= 0.3 is 0 Å². The Hall–Kier alpha value is -1.09. The first-order valence-electron chi connectivity index (χ1n) is 6.86. The lowest BCUT2D eigenvalue weighted by atomic mass is 9.88. The van der Waals surface area contributed by atoms with Gasteiger partial charge in [0, 0.05) is 25.3 Å². The Morgan fingerprint density at radius 1 is 1.39 bits per heavy atom. The molecular weight excluding hydrogens is 222 g/mol. The third-order valence-corrected chi connectivity index (χ3v) is 4.03. The number of nitrogens with two attached hydrogens (primary N) is 1. The predicted octanol–water partition coefficient (Wildman–Crippen LogP) is 2.55. The van der Waals surface area contributed by atoms with Crippen LogP contribution in [0.15, 0.2) is 18.3 Å². The molecule has 0 saturated carbocycles. The van der Waals surface area contributed by atoms with Crippen molar-refractivity contribution in [2.75, 3.05) is 18.0 Å². The molecule has 100 valence electrons. The van der Waals surface area contributed by atoms with Crippen LogP contribution in [0.3, 0.4) is 0 Å². The van der Waals surface area contributed by atoms with Crippen LogP contribution in [0.4, 0.5) is 5.82 Å². The lowest BCUT2D eigenvalue weighted by Crippen LogP contribution is -2.38. The highest BCUT2D eigenvalue weighted by Crippen LogP contribution is 2.29. The molecular formula is C15H25N3. The number of hydrogen-bond acceptors (Lipinski definition) is 3. The van der Waals surface area contributed by atoms with Gasteiger partial charge in [0.15, 0.2) is 0 Å². The summed E-state index contributed by atoms with van der Waals surface area (Å²) in [6.45, 7) is 10.7. The standard InChI is InChI=1S/C15H25N3/c1-11-7-8-18(13(11)9-16)14-6-5-12(10-17-14)15(2,3)4/h5-6,10-11,13H,7-9,16H2,1-4H3. The fourth-order valence-corrected chi connectivity index (χ4v) is 2.65. The zero-order valence-electron chi connectivity index (χ0n) is 12.0. The summed E-state index contributed by atoms with van der Waals surface area (Å²) < 4.78 is 0. The highest BCUT2D eigenvalue weighted by Gasteiger charge is 2.30. The molecule has 2 unspecified atom stereocenters. The van der Waals surface area contributed by atoms with Gasteiger partial charge in [0.05, 0.1) is 0 Å². The minimum Gasteiger partial charge on any atom is -0.352 e. The van der Waals surface area contributed by atoms with Crippen molar-refractivity contribution in [3.8, 4) is 0 Å². The van der Waals surface area contributed by atoms with E-state index in [0.717, 1.165) is 12.4 Å². The van der Waals surface area contributed by atoms with E-state index in [4.69, 9.17) is 5.73 Å². The largest absolute Gasteiger partial charge is 0.352 e. The van der Waals surface area contributed by atoms with Crippen molar-refractivity contribution >= 4 is 5.82 Å². The first-order valence-corrected chi connectivity index (χ1v) is 6.86. The molecule has 0 amide bonds. The average molecular weight is 247 g/mol. The molecule has 0 bridgehead atoms. The Balaban J connectivity index is 2.20. The van der Waals surface area contributed by atoms with Gasteiger partial charge in [-0.2, -0.15) is 0 Å². The van der Waals surface area contributed by atoms with Crippen molar-refractivity contribution in [1.82, 2.24) is 4.98 Å². The number of anilines is 1. The van der Waals surface area contributed by atoms with E-state index in [9.17, 15) is 0 Å². The molecule has 1 saturated heterocycles. The van der Waals surface area contributed by atoms with Gasteiger partial charge in [0.2, 0.25) is 0 Å². The van der Waals surface area contributed by atoms with E-state index in [1.807, 2.05) is 6.20 Å². The van der Waals surface area contributed by atoms with Gasteiger partial charge in [0.25, 0.3) is 0 Å². The summed E-state index contributed by atoms with van der Waals surface area (Å²) >= 11 is 0. The minimum atomic E-state index is 0.164. The molecule has 0 spiro atoms. The summed E-state index contributed by atoms with van der Waals surface area (Å²) in [5, 5.41) is 0. The second kappa shape index (κ2) is 4.88. The molecule has 2 rings (SSSR count). The third kappa shape index (κ3) is 2.51. The van der Waals surface area contributed by atoms with Crippen molar-refractivity contribution in [2.45, 2.75) is 45.6 Å². The van der Waals surface area contributed by atoms with Gasteiger partial charge in [-0.05, 0) is 29.4 Å². The normalized spacial score (nSPS) is 24.6. The molecule has 2 atom stereocenters. The zero-order valence-corrected chi connectivity index (χ0v) is 12.0. The molecule has 3 heteroatoms. The summed E-state index contributed by atoms with van der Waals surface area (Å²) in [6.07, 6.45) is 3.22. The van der Waals surface area contributed by atoms with Crippen molar-refractivity contribution in [3.63, 3.8) is 0 Å². The van der Waals surface area contributed by atoms with Crippen molar-refractivity contribution in [1.29, 1.82) is 0 Å². The number of rotatable bonds is 2. The van der Waals surface area contributed by atoms with Crippen LogP contribution in [0.1, 0.15) is 39.7 Å². The van der Waals surface area contributed by atoms with Gasteiger partial charge in [-0.1, -0.05) is 33.8 Å². The molecule has 3 nitrogen and oxygen atoms in total. The smallest absolute Gasteiger partial charge is 0.128 e. The maximum atomic E-state index is 5.88. The second-order valence-corrected chi connectivity index (χ2v) is 6.42. The van der Waals surface area contributed by atoms with Crippen LogP contribution in [-0.4, -0.2) is 24.1 Å². The highest BCUT2D eigenvalue weighted by molar-refractivity contribution is 5.43. The second-order valence-electron chi connectivity index (χ2n) is 6.42. The Morgan fingerprint density at radius 2 is 2.11 bits per heavy atom. The molecule has 0 aromatic carbocycles. The first kappa shape index (κ1) is 13.3. The molecule has 1 aliphatic rings. The van der Waals surface area contributed by atoms with Crippen LogP contribution >= 0.6 is 0 Å². The monoisotopic (exact) mass is 247 g/mol. The molecule has 0 aliphatic carbocycles. The van der Waals surface area contributed by atoms with Crippen LogP contribution in [0.25, 0.3) is 0 Å². The Labute approximate surface area is 110 Å². The van der Waals surface area contributed by atoms with E-state index < -0.39 is 0 Å². The number of nitrogens with zero attached hydrogens (tertiary/aromatic N) is 2. The van der Waals surface area contributed by atoms with E-state index in [2.05, 4.69) is 49.7 Å². The molecule has 1 aliphatic heterocycles. The van der Waals surface area contributed by atoms with Gasteiger partial charge in [0.1, 0.15) is 5.82 Å². The summed E-state index contributed by atoms with van der Waals surface area (Å²) in [6, 6.07) is 4.78. The molecule has 2 N–H and O–H groups in total. The van der Waals surface area contributed by atoms with Crippen molar-refractivity contribution in [3.05, 3.63) is 23.9 Å². The summed E-state index contributed by atoms with van der Waals surface area (Å²) in [5.74, 6) is 1.74. The Kier molecular flexibility index (Phi) is 3.62.